The van der Waals surface area contributed by atoms with Crippen LogP contribution in [0.25, 0.3) is 0 Å². The lowest BCUT2D eigenvalue weighted by Crippen LogP contribution is -2.52. The van der Waals surface area contributed by atoms with Gasteiger partial charge in [0.25, 0.3) is 0 Å². The van der Waals surface area contributed by atoms with Gasteiger partial charge in [0.05, 0.1) is 11.5 Å². The molecule has 2 aromatic rings. The monoisotopic (exact) mass is 440 g/mol. The highest BCUT2D eigenvalue weighted by atomic mass is 19.1. The number of amides is 1. The van der Waals surface area contributed by atoms with Gasteiger partial charge in [0.2, 0.25) is 5.91 Å². The van der Waals surface area contributed by atoms with E-state index in [0.717, 1.165) is 17.3 Å². The molecule has 0 aliphatic carbocycles. The molecule has 2 aromatic carbocycles. The zero-order valence-electron chi connectivity index (χ0n) is 18.6. The summed E-state index contributed by atoms with van der Waals surface area (Å²) in [6, 6.07) is 13.1. The minimum atomic E-state index is -0.986. The number of hydrogen-bond acceptors (Lipinski definition) is 3. The van der Waals surface area contributed by atoms with Crippen molar-refractivity contribution < 1.29 is 18.7 Å². The summed E-state index contributed by atoms with van der Waals surface area (Å²) in [5.41, 5.74) is 1.05. The van der Waals surface area contributed by atoms with Gasteiger partial charge in [-0.2, -0.15) is 0 Å². The molecule has 170 valence electrons. The van der Waals surface area contributed by atoms with Gasteiger partial charge in [0.1, 0.15) is 11.6 Å². The van der Waals surface area contributed by atoms with Crippen molar-refractivity contribution in [1.82, 2.24) is 9.80 Å². The average Bonchev–Trinajstić information content (AvgIpc) is 3.21. The normalized spacial score (nSPS) is 28.1. The quantitative estimate of drug-likeness (QED) is 0.772. The van der Waals surface area contributed by atoms with Gasteiger partial charge in [0, 0.05) is 49.8 Å². The van der Waals surface area contributed by atoms with Crippen LogP contribution in [0.3, 0.4) is 0 Å². The lowest BCUT2D eigenvalue weighted by molar-refractivity contribution is -0.144. The number of benzene rings is 2. The maximum absolute atomic E-state index is 14.6. The molecule has 6 heteroatoms. The first kappa shape index (κ1) is 22.5. The van der Waals surface area contributed by atoms with Crippen molar-refractivity contribution in [2.75, 3.05) is 26.2 Å². The van der Waals surface area contributed by atoms with E-state index in [1.54, 1.807) is 4.90 Å². The summed E-state index contributed by atoms with van der Waals surface area (Å²) in [5, 5.41) is 11.3. The van der Waals surface area contributed by atoms with Crippen LogP contribution < -0.4 is 0 Å². The molecule has 2 saturated heterocycles. The van der Waals surface area contributed by atoms with Crippen LogP contribution in [-0.4, -0.2) is 47.0 Å². The Morgan fingerprint density at radius 2 is 1.81 bits per heavy atom. The molecule has 0 unspecified atom stereocenters. The van der Waals surface area contributed by atoms with Gasteiger partial charge in [0.15, 0.2) is 0 Å². The van der Waals surface area contributed by atoms with Crippen LogP contribution in [0, 0.1) is 23.5 Å². The van der Waals surface area contributed by atoms with Crippen molar-refractivity contribution in [3.8, 4) is 0 Å². The van der Waals surface area contributed by atoms with Crippen LogP contribution in [0.4, 0.5) is 8.78 Å². The van der Waals surface area contributed by atoms with Gasteiger partial charge in [-0.25, -0.2) is 8.78 Å². The Balaban J connectivity index is 1.56. The third kappa shape index (κ3) is 4.04. The standard InChI is InChI=1S/C26H30F2N2O2/c1-17(2)30-15-22(21-10-9-20(27)13-24(21)28)23(16-30)25(31)29-12-11-26(32,18(3)14-29)19-7-5-4-6-8-19/h4-10,13,18,22-23,32H,1,11-12,14-16H2,2-3H3/t18-,22-,23+,26+/m0/s1. The summed E-state index contributed by atoms with van der Waals surface area (Å²) in [6.07, 6.45) is 0.441. The highest BCUT2D eigenvalue weighted by Gasteiger charge is 2.46. The van der Waals surface area contributed by atoms with Crippen molar-refractivity contribution in [1.29, 1.82) is 0 Å². The molecule has 2 fully saturated rings. The first-order chi connectivity index (χ1) is 15.2. The van der Waals surface area contributed by atoms with Crippen LogP contribution in [-0.2, 0) is 10.4 Å². The maximum Gasteiger partial charge on any atom is 0.228 e. The van der Waals surface area contributed by atoms with E-state index >= 15 is 0 Å². The van der Waals surface area contributed by atoms with Crippen LogP contribution in [0.5, 0.6) is 0 Å². The molecule has 0 spiro atoms. The second kappa shape index (κ2) is 8.66. The second-order valence-corrected chi connectivity index (χ2v) is 9.24. The molecule has 4 atom stereocenters. The van der Waals surface area contributed by atoms with Gasteiger partial charge in [-0.05, 0) is 30.5 Å². The van der Waals surface area contributed by atoms with E-state index in [1.165, 1.54) is 12.1 Å². The first-order valence-electron chi connectivity index (χ1n) is 11.1. The summed E-state index contributed by atoms with van der Waals surface area (Å²) in [7, 11) is 0. The van der Waals surface area contributed by atoms with Gasteiger partial charge >= 0.3 is 0 Å². The molecule has 0 aromatic heterocycles. The summed E-state index contributed by atoms with van der Waals surface area (Å²) in [5.74, 6) is -2.30. The van der Waals surface area contributed by atoms with Crippen molar-refractivity contribution in [2.45, 2.75) is 31.8 Å². The smallest absolute Gasteiger partial charge is 0.228 e. The fraction of sp³-hybridized carbons (Fsp3) is 0.423. The Labute approximate surface area is 188 Å². The lowest BCUT2D eigenvalue weighted by Gasteiger charge is -2.44. The number of allylic oxidation sites excluding steroid dienone is 1. The van der Waals surface area contributed by atoms with E-state index in [2.05, 4.69) is 6.58 Å². The Morgan fingerprint density at radius 1 is 1.09 bits per heavy atom. The fourth-order valence-electron chi connectivity index (χ4n) is 5.20. The highest BCUT2D eigenvalue weighted by molar-refractivity contribution is 5.81. The van der Waals surface area contributed by atoms with E-state index in [4.69, 9.17) is 0 Å². The summed E-state index contributed by atoms with van der Waals surface area (Å²) >= 11 is 0. The molecule has 2 aliphatic rings. The number of carbonyl (C=O) groups is 1. The molecule has 1 amide bonds. The minimum Gasteiger partial charge on any atom is -0.385 e. The molecular weight excluding hydrogens is 410 g/mol. The third-order valence-corrected chi connectivity index (χ3v) is 7.20. The van der Waals surface area contributed by atoms with Crippen LogP contribution >= 0.6 is 0 Å². The molecule has 2 heterocycles. The van der Waals surface area contributed by atoms with Gasteiger partial charge in [-0.3, -0.25) is 4.79 Å². The van der Waals surface area contributed by atoms with Gasteiger partial charge < -0.3 is 14.9 Å². The zero-order valence-corrected chi connectivity index (χ0v) is 18.6. The van der Waals surface area contributed by atoms with Gasteiger partial charge in [-0.1, -0.05) is 49.9 Å². The third-order valence-electron chi connectivity index (χ3n) is 7.20. The first-order valence-corrected chi connectivity index (χ1v) is 11.1. The van der Waals surface area contributed by atoms with Gasteiger partial charge in [-0.15, -0.1) is 0 Å². The van der Waals surface area contributed by atoms with Crippen LogP contribution in [0.2, 0.25) is 0 Å². The Bertz CT molecular complexity index is 1010. The molecule has 1 N–H and O–H groups in total. The van der Waals surface area contributed by atoms with E-state index in [1.807, 2.05) is 49.1 Å². The minimum absolute atomic E-state index is 0.0514. The molecule has 4 rings (SSSR count). The van der Waals surface area contributed by atoms with Crippen LogP contribution in [0.1, 0.15) is 37.3 Å². The molecule has 32 heavy (non-hydrogen) atoms. The van der Waals surface area contributed by atoms with Crippen LogP contribution in [0.15, 0.2) is 60.8 Å². The van der Waals surface area contributed by atoms with Crippen molar-refractivity contribution >= 4 is 5.91 Å². The maximum atomic E-state index is 14.6. The van der Waals surface area contributed by atoms with E-state index in [0.29, 0.717) is 38.2 Å². The van der Waals surface area contributed by atoms with Crippen molar-refractivity contribution in [3.05, 3.63) is 83.6 Å². The van der Waals surface area contributed by atoms with E-state index in [-0.39, 0.29) is 17.7 Å². The predicted molar refractivity (Wildman–Crippen MR) is 120 cm³/mol. The lowest BCUT2D eigenvalue weighted by atomic mass is 9.76. The zero-order chi connectivity index (χ0) is 23.0. The predicted octanol–water partition coefficient (Wildman–Crippen LogP) is 4.27. The van der Waals surface area contributed by atoms with E-state index < -0.39 is 23.2 Å². The number of nitrogens with zero attached hydrogens (tertiary/aromatic N) is 2. The van der Waals surface area contributed by atoms with E-state index in [9.17, 15) is 18.7 Å². The molecule has 4 nitrogen and oxygen atoms in total. The number of aliphatic hydroxyl groups is 1. The Hall–Kier alpha value is -2.73. The number of hydrogen-bond donors (Lipinski definition) is 1. The molecule has 2 aliphatic heterocycles. The topological polar surface area (TPSA) is 43.8 Å². The number of piperidine rings is 1. The summed E-state index contributed by atoms with van der Waals surface area (Å²) < 4.78 is 28.1. The molecule has 0 saturated carbocycles. The Kier molecular flexibility index (Phi) is 6.08. The number of halogens is 2. The van der Waals surface area contributed by atoms with Crippen molar-refractivity contribution in [2.24, 2.45) is 11.8 Å². The molecular formula is C26H30F2N2O2. The number of carbonyl (C=O) groups excluding carboxylic acids is 1. The molecule has 0 bridgehead atoms. The average molecular weight is 441 g/mol. The summed E-state index contributed by atoms with van der Waals surface area (Å²) in [4.78, 5) is 17.4. The summed E-state index contributed by atoms with van der Waals surface area (Å²) in [6.45, 7) is 9.57. The Morgan fingerprint density at radius 3 is 2.44 bits per heavy atom. The number of likely N-dealkylation sites (tertiary alicyclic amines) is 2. The largest absolute Gasteiger partial charge is 0.385 e. The second-order valence-electron chi connectivity index (χ2n) is 9.24. The number of rotatable bonds is 4. The van der Waals surface area contributed by atoms with Crippen molar-refractivity contribution in [3.63, 3.8) is 0 Å². The SMILES string of the molecule is C=C(C)N1C[C@@H](C(=O)N2CC[C@](O)(c3ccccc3)[C@@H](C)C2)[C@H](c2ccc(F)cc2F)C1. The fourth-order valence-corrected chi connectivity index (χ4v) is 5.20. The molecule has 0 radical (unpaired) electrons. The highest BCUT2D eigenvalue weighted by Crippen LogP contribution is 2.40.